The molecule has 2 aliphatic heterocycles. The lowest BCUT2D eigenvalue weighted by Crippen LogP contribution is -2.47. The van der Waals surface area contributed by atoms with Gasteiger partial charge in [-0.15, -0.1) is 5.10 Å². The summed E-state index contributed by atoms with van der Waals surface area (Å²) in [5, 5.41) is 11.1. The zero-order chi connectivity index (χ0) is 21.9. The van der Waals surface area contributed by atoms with E-state index in [9.17, 15) is 4.79 Å². The number of cyclic esters (lactones) is 1. The average Bonchev–Trinajstić information content (AvgIpc) is 3.49. The molecule has 0 aliphatic carbocycles. The normalized spacial score (nSPS) is 16.8. The van der Waals surface area contributed by atoms with E-state index in [0.29, 0.717) is 6.61 Å². The average molecular weight is 434 g/mol. The van der Waals surface area contributed by atoms with Crippen LogP contribution in [0.25, 0.3) is 5.82 Å². The molecule has 1 saturated heterocycles. The van der Waals surface area contributed by atoms with Crippen molar-refractivity contribution in [2.45, 2.75) is 26.4 Å². The number of hydrogen-bond donors (Lipinski definition) is 0. The van der Waals surface area contributed by atoms with Crippen LogP contribution in [0.5, 0.6) is 0 Å². The van der Waals surface area contributed by atoms with Crippen LogP contribution in [0.1, 0.15) is 32.6 Å². The first-order valence-corrected chi connectivity index (χ1v) is 11.1. The van der Waals surface area contributed by atoms with Crippen molar-refractivity contribution in [3.05, 3.63) is 64.6 Å². The number of nitrogens with zero attached hydrogens (tertiary/aromatic N) is 7. The second-order valence-corrected chi connectivity index (χ2v) is 8.41. The number of pyridine rings is 1. The molecule has 3 aromatic rings. The number of carbonyl (C=O) groups is 1. The number of aromatic nitrogens is 5. The number of rotatable bonds is 7. The number of carbonyl (C=O) groups excluding carboxylic acids is 1. The van der Waals surface area contributed by atoms with Gasteiger partial charge < -0.3 is 14.5 Å². The number of hydrogen-bond acceptors (Lipinski definition) is 8. The van der Waals surface area contributed by atoms with Crippen molar-refractivity contribution in [1.29, 1.82) is 0 Å². The van der Waals surface area contributed by atoms with E-state index in [1.54, 1.807) is 11.0 Å². The third-order valence-electron chi connectivity index (χ3n) is 6.55. The van der Waals surface area contributed by atoms with E-state index in [1.165, 1.54) is 16.7 Å². The Morgan fingerprint density at radius 1 is 1.00 bits per heavy atom. The van der Waals surface area contributed by atoms with Gasteiger partial charge in [-0.3, -0.25) is 0 Å². The van der Waals surface area contributed by atoms with Gasteiger partial charge in [0.05, 0.1) is 5.56 Å². The maximum absolute atomic E-state index is 11.7. The maximum atomic E-state index is 11.7. The van der Waals surface area contributed by atoms with Crippen LogP contribution in [0, 0.1) is 6.92 Å². The van der Waals surface area contributed by atoms with E-state index in [0.717, 1.165) is 69.1 Å². The summed E-state index contributed by atoms with van der Waals surface area (Å²) in [6.07, 6.45) is 5.44. The monoisotopic (exact) mass is 433 g/mol. The predicted molar refractivity (Wildman–Crippen MR) is 118 cm³/mol. The van der Waals surface area contributed by atoms with Crippen molar-refractivity contribution in [2.75, 3.05) is 39.3 Å². The number of benzene rings is 1. The summed E-state index contributed by atoms with van der Waals surface area (Å²) in [6, 6.07) is 8.06. The van der Waals surface area contributed by atoms with E-state index in [1.807, 2.05) is 18.3 Å². The first kappa shape index (κ1) is 20.7. The molecule has 9 nitrogen and oxygen atoms in total. The molecule has 5 rings (SSSR count). The Bertz CT molecular complexity index is 1070. The van der Waals surface area contributed by atoms with Crippen molar-refractivity contribution < 1.29 is 9.53 Å². The molecule has 0 atom stereocenters. The molecule has 0 N–H and O–H groups in total. The van der Waals surface area contributed by atoms with Crippen molar-refractivity contribution in [3.63, 3.8) is 0 Å². The lowest BCUT2D eigenvalue weighted by molar-refractivity contribution is 0.0535. The van der Waals surface area contributed by atoms with E-state index in [4.69, 9.17) is 4.74 Å². The smallest absolute Gasteiger partial charge is 0.338 e. The van der Waals surface area contributed by atoms with Gasteiger partial charge in [-0.2, -0.15) is 4.68 Å². The molecular weight excluding hydrogens is 406 g/mol. The molecule has 0 unspecified atom stereocenters. The second kappa shape index (κ2) is 9.13. The molecule has 0 radical (unpaired) electrons. The molecule has 0 spiro atoms. The summed E-state index contributed by atoms with van der Waals surface area (Å²) in [5.41, 5.74) is 5.56. The number of fused-ring (bicyclic) bond motifs is 1. The molecule has 1 aromatic carbocycles. The number of esters is 1. The zero-order valence-electron chi connectivity index (χ0n) is 18.3. The highest BCUT2D eigenvalue weighted by molar-refractivity contribution is 5.93. The lowest BCUT2D eigenvalue weighted by atomic mass is 9.96. The van der Waals surface area contributed by atoms with Gasteiger partial charge in [0, 0.05) is 51.0 Å². The van der Waals surface area contributed by atoms with E-state index >= 15 is 0 Å². The Labute approximate surface area is 187 Å². The van der Waals surface area contributed by atoms with Crippen molar-refractivity contribution in [2.24, 2.45) is 0 Å². The minimum atomic E-state index is -0.190. The summed E-state index contributed by atoms with van der Waals surface area (Å²) in [7, 11) is 0. The summed E-state index contributed by atoms with van der Waals surface area (Å²) >= 11 is 0. The van der Waals surface area contributed by atoms with Crippen LogP contribution in [-0.2, 0) is 24.2 Å². The number of piperazine rings is 1. The summed E-state index contributed by atoms with van der Waals surface area (Å²) in [4.78, 5) is 21.2. The van der Waals surface area contributed by atoms with E-state index in [-0.39, 0.29) is 5.97 Å². The topological polar surface area (TPSA) is 89.3 Å². The van der Waals surface area contributed by atoms with Crippen molar-refractivity contribution >= 4 is 5.97 Å². The highest BCUT2D eigenvalue weighted by atomic mass is 16.5. The summed E-state index contributed by atoms with van der Waals surface area (Å²) < 4.78 is 6.73. The highest BCUT2D eigenvalue weighted by Crippen LogP contribution is 2.26. The molecule has 2 aromatic heterocycles. The second-order valence-electron chi connectivity index (χ2n) is 8.41. The molecule has 9 heteroatoms. The SMILES string of the molecule is Cc1c(CCN2CCN(CCc3ccc(-n4cnnn4)nc3)CC2)ccc2c1COC2=O. The maximum Gasteiger partial charge on any atom is 0.338 e. The predicted octanol–water partition coefficient (Wildman–Crippen LogP) is 1.44. The fraction of sp³-hybridized carbons (Fsp3) is 0.435. The van der Waals surface area contributed by atoms with Crippen LogP contribution >= 0.6 is 0 Å². The van der Waals surface area contributed by atoms with Gasteiger partial charge >= 0.3 is 5.97 Å². The van der Waals surface area contributed by atoms with Crippen molar-refractivity contribution in [1.82, 2.24) is 35.0 Å². The third kappa shape index (κ3) is 4.39. The van der Waals surface area contributed by atoms with E-state index in [2.05, 4.69) is 49.4 Å². The molecule has 4 heterocycles. The van der Waals surface area contributed by atoms with Crippen LogP contribution in [-0.4, -0.2) is 80.2 Å². The number of tetrazole rings is 1. The summed E-state index contributed by atoms with van der Waals surface area (Å²) in [5.74, 6) is 0.537. The molecule has 0 bridgehead atoms. The van der Waals surface area contributed by atoms with Crippen LogP contribution in [0.2, 0.25) is 0 Å². The van der Waals surface area contributed by atoms with Gasteiger partial charge in [0.2, 0.25) is 0 Å². The molecule has 0 amide bonds. The Hall–Kier alpha value is -3.17. The van der Waals surface area contributed by atoms with Gasteiger partial charge in [0.25, 0.3) is 0 Å². The van der Waals surface area contributed by atoms with Gasteiger partial charge in [-0.1, -0.05) is 12.1 Å². The summed E-state index contributed by atoms with van der Waals surface area (Å²) in [6.45, 7) is 8.96. The molecule has 166 valence electrons. The highest BCUT2D eigenvalue weighted by Gasteiger charge is 2.24. The Kier molecular flexibility index (Phi) is 5.91. The van der Waals surface area contributed by atoms with Crippen LogP contribution in [0.4, 0.5) is 0 Å². The molecular formula is C23H27N7O2. The largest absolute Gasteiger partial charge is 0.457 e. The quantitative estimate of drug-likeness (QED) is 0.517. The Balaban J connectivity index is 1.06. The first-order valence-electron chi connectivity index (χ1n) is 11.1. The van der Waals surface area contributed by atoms with Crippen molar-refractivity contribution in [3.8, 4) is 5.82 Å². The van der Waals surface area contributed by atoms with Gasteiger partial charge in [0.1, 0.15) is 12.9 Å². The van der Waals surface area contributed by atoms with Crippen LogP contribution < -0.4 is 0 Å². The Morgan fingerprint density at radius 3 is 2.47 bits per heavy atom. The minimum absolute atomic E-state index is 0.190. The van der Waals surface area contributed by atoms with Crippen LogP contribution in [0.3, 0.4) is 0 Å². The third-order valence-corrected chi connectivity index (χ3v) is 6.55. The zero-order valence-corrected chi connectivity index (χ0v) is 18.3. The first-order chi connectivity index (χ1) is 15.7. The lowest BCUT2D eigenvalue weighted by Gasteiger charge is -2.34. The van der Waals surface area contributed by atoms with Gasteiger partial charge in [-0.05, 0) is 59.0 Å². The molecule has 32 heavy (non-hydrogen) atoms. The van der Waals surface area contributed by atoms with Crippen LogP contribution in [0.15, 0.2) is 36.8 Å². The Morgan fingerprint density at radius 2 is 1.78 bits per heavy atom. The minimum Gasteiger partial charge on any atom is -0.457 e. The molecule has 0 saturated carbocycles. The van der Waals surface area contributed by atoms with Gasteiger partial charge in [-0.25, -0.2) is 9.78 Å². The fourth-order valence-corrected chi connectivity index (χ4v) is 4.44. The molecule has 2 aliphatic rings. The number of ether oxygens (including phenoxy) is 1. The fourth-order valence-electron chi connectivity index (χ4n) is 4.44. The van der Waals surface area contributed by atoms with Gasteiger partial charge in [0.15, 0.2) is 5.82 Å². The standard InChI is InChI=1S/C23H27N7O2/c1-17-19(3-4-20-21(17)15-32-23(20)31)7-9-29-12-10-28(11-13-29)8-6-18-2-5-22(24-14-18)30-16-25-26-27-30/h2-5,14,16H,6-13,15H2,1H3. The van der Waals surface area contributed by atoms with E-state index < -0.39 is 0 Å². The molecule has 1 fully saturated rings.